The zero-order valence-corrected chi connectivity index (χ0v) is 12.5. The Morgan fingerprint density at radius 1 is 1.30 bits per heavy atom. The summed E-state index contributed by atoms with van der Waals surface area (Å²) >= 11 is 0. The number of ether oxygens (including phenoxy) is 1. The average Bonchev–Trinajstić information content (AvgIpc) is 2.43. The third kappa shape index (κ3) is 6.93. The van der Waals surface area contributed by atoms with Crippen LogP contribution in [0.5, 0.6) is 0 Å². The Bertz CT molecular complexity index is 444. The molecule has 0 saturated heterocycles. The Balaban J connectivity index is 2.29. The fraction of sp³-hybridized carbons (Fsp3) is 0.389. The summed E-state index contributed by atoms with van der Waals surface area (Å²) in [6.07, 6.45) is 8.32. The summed E-state index contributed by atoms with van der Waals surface area (Å²) in [5.74, 6) is -0.190. The van der Waals surface area contributed by atoms with Crippen LogP contribution in [0, 0.1) is 5.41 Å². The maximum Gasteiger partial charge on any atom is 0.310 e. The van der Waals surface area contributed by atoms with Crippen molar-refractivity contribution in [2.24, 2.45) is 5.41 Å². The van der Waals surface area contributed by atoms with E-state index in [2.05, 4.69) is 26.5 Å². The van der Waals surface area contributed by atoms with Gasteiger partial charge in [0.05, 0.1) is 6.42 Å². The molecule has 2 nitrogen and oxygen atoms in total. The van der Waals surface area contributed by atoms with E-state index in [9.17, 15) is 4.79 Å². The number of carbonyl (C=O) groups excluding carboxylic acids is 1. The summed E-state index contributed by atoms with van der Waals surface area (Å²) in [4.78, 5) is 11.6. The van der Waals surface area contributed by atoms with Crippen LogP contribution in [-0.4, -0.2) is 12.6 Å². The molecule has 0 bridgehead atoms. The Morgan fingerprint density at radius 2 is 2.00 bits per heavy atom. The van der Waals surface area contributed by atoms with E-state index in [4.69, 9.17) is 4.74 Å². The molecule has 0 aliphatic rings. The molecule has 2 heteroatoms. The lowest BCUT2D eigenvalue weighted by Gasteiger charge is -2.18. The Morgan fingerprint density at radius 3 is 2.65 bits per heavy atom. The van der Waals surface area contributed by atoms with Crippen molar-refractivity contribution in [2.75, 3.05) is 6.61 Å². The summed E-state index contributed by atoms with van der Waals surface area (Å²) in [7, 11) is 0. The maximum atomic E-state index is 11.6. The fourth-order valence-electron chi connectivity index (χ4n) is 1.88. The lowest BCUT2D eigenvalue weighted by molar-refractivity contribution is -0.141. The molecule has 0 heterocycles. The van der Waals surface area contributed by atoms with E-state index in [1.54, 1.807) is 0 Å². The van der Waals surface area contributed by atoms with Gasteiger partial charge in [-0.05, 0) is 23.8 Å². The molecule has 0 N–H and O–H groups in total. The highest BCUT2D eigenvalue weighted by atomic mass is 16.5. The van der Waals surface area contributed by atoms with Gasteiger partial charge in [0, 0.05) is 0 Å². The van der Waals surface area contributed by atoms with Gasteiger partial charge >= 0.3 is 5.97 Å². The predicted molar refractivity (Wildman–Crippen MR) is 83.5 cm³/mol. The molecule has 0 spiro atoms. The van der Waals surface area contributed by atoms with Crippen molar-refractivity contribution in [3.05, 3.63) is 60.7 Å². The molecule has 0 aromatic heterocycles. The van der Waals surface area contributed by atoms with Gasteiger partial charge in [-0.3, -0.25) is 4.79 Å². The summed E-state index contributed by atoms with van der Waals surface area (Å²) in [5, 5.41) is 0. The van der Waals surface area contributed by atoms with Gasteiger partial charge in [-0.25, -0.2) is 0 Å². The van der Waals surface area contributed by atoms with Crippen LogP contribution in [0.3, 0.4) is 0 Å². The molecule has 1 aromatic carbocycles. The van der Waals surface area contributed by atoms with Gasteiger partial charge < -0.3 is 4.74 Å². The van der Waals surface area contributed by atoms with Crippen LogP contribution in [-0.2, 0) is 16.0 Å². The molecule has 1 aromatic rings. The maximum absolute atomic E-state index is 11.6. The van der Waals surface area contributed by atoms with E-state index in [0.29, 0.717) is 13.0 Å². The highest BCUT2D eigenvalue weighted by Crippen LogP contribution is 2.23. The molecule has 0 amide bonds. The zero-order chi connectivity index (χ0) is 14.8. The molecule has 0 unspecified atom stereocenters. The third-order valence-corrected chi connectivity index (χ3v) is 3.09. The van der Waals surface area contributed by atoms with E-state index in [1.165, 1.54) is 0 Å². The van der Waals surface area contributed by atoms with Gasteiger partial charge in [-0.15, -0.1) is 6.58 Å². The first-order chi connectivity index (χ1) is 9.53. The molecule has 108 valence electrons. The van der Waals surface area contributed by atoms with Crippen LogP contribution >= 0.6 is 0 Å². The minimum absolute atomic E-state index is 0.111. The van der Waals surface area contributed by atoms with Crippen LogP contribution < -0.4 is 0 Å². The van der Waals surface area contributed by atoms with Gasteiger partial charge in [-0.2, -0.15) is 0 Å². The second-order valence-electron chi connectivity index (χ2n) is 5.56. The first-order valence-electron chi connectivity index (χ1n) is 7.02. The van der Waals surface area contributed by atoms with Gasteiger partial charge in [0.15, 0.2) is 0 Å². The van der Waals surface area contributed by atoms with Crippen LogP contribution in [0.1, 0.15) is 32.3 Å². The summed E-state index contributed by atoms with van der Waals surface area (Å²) in [6.45, 7) is 8.40. The molecule has 0 aliphatic heterocycles. The number of esters is 1. The average molecular weight is 272 g/mol. The number of hydrogen-bond acceptors (Lipinski definition) is 2. The molecule has 0 aliphatic carbocycles. The third-order valence-electron chi connectivity index (χ3n) is 3.09. The molecular formula is C18H24O2. The lowest BCUT2D eigenvalue weighted by Crippen LogP contribution is -2.10. The Kier molecular flexibility index (Phi) is 6.78. The smallest absolute Gasteiger partial charge is 0.310 e. The summed E-state index contributed by atoms with van der Waals surface area (Å²) in [6, 6.07) is 9.63. The first-order valence-corrected chi connectivity index (χ1v) is 7.02. The quantitative estimate of drug-likeness (QED) is 0.520. The monoisotopic (exact) mass is 272 g/mol. The molecule has 20 heavy (non-hydrogen) atoms. The fourth-order valence-corrected chi connectivity index (χ4v) is 1.88. The number of rotatable bonds is 8. The van der Waals surface area contributed by atoms with Crippen LogP contribution in [0.25, 0.3) is 0 Å². The van der Waals surface area contributed by atoms with E-state index in [1.807, 2.05) is 42.5 Å². The molecule has 0 atom stereocenters. The standard InChI is InChI=1S/C18H24O2/c1-4-5-12-18(2,3)13-9-14-20-17(19)15-16-10-7-6-8-11-16/h4,6-11,13H,1,5,12,14-15H2,2-3H3/b13-9+. The first kappa shape index (κ1) is 16.2. The Hall–Kier alpha value is -1.83. The van der Waals surface area contributed by atoms with Crippen molar-refractivity contribution < 1.29 is 9.53 Å². The highest BCUT2D eigenvalue weighted by Gasteiger charge is 2.11. The second kappa shape index (κ2) is 8.36. The number of benzene rings is 1. The number of carbonyl (C=O) groups is 1. The van der Waals surface area contributed by atoms with Gasteiger partial charge in [0.2, 0.25) is 0 Å². The van der Waals surface area contributed by atoms with Gasteiger partial charge in [-0.1, -0.05) is 62.4 Å². The van der Waals surface area contributed by atoms with E-state index in [-0.39, 0.29) is 11.4 Å². The lowest BCUT2D eigenvalue weighted by atomic mass is 9.87. The van der Waals surface area contributed by atoms with E-state index < -0.39 is 0 Å². The van der Waals surface area contributed by atoms with Gasteiger partial charge in [0.1, 0.15) is 6.61 Å². The number of allylic oxidation sites excluding steroid dienone is 2. The number of hydrogen-bond donors (Lipinski definition) is 0. The van der Waals surface area contributed by atoms with Crippen molar-refractivity contribution >= 4 is 5.97 Å². The molecule has 0 fully saturated rings. The summed E-state index contributed by atoms with van der Waals surface area (Å²) in [5.41, 5.74) is 1.09. The molecular weight excluding hydrogens is 248 g/mol. The second-order valence-corrected chi connectivity index (χ2v) is 5.56. The minimum Gasteiger partial charge on any atom is -0.461 e. The molecule has 1 rings (SSSR count). The molecule has 0 radical (unpaired) electrons. The Labute approximate surface area is 122 Å². The van der Waals surface area contributed by atoms with Crippen LogP contribution in [0.2, 0.25) is 0 Å². The van der Waals surface area contributed by atoms with Crippen molar-refractivity contribution in [3.63, 3.8) is 0 Å². The topological polar surface area (TPSA) is 26.3 Å². The van der Waals surface area contributed by atoms with Crippen LogP contribution in [0.15, 0.2) is 55.1 Å². The normalized spacial score (nSPS) is 11.5. The van der Waals surface area contributed by atoms with Gasteiger partial charge in [0.25, 0.3) is 0 Å². The van der Waals surface area contributed by atoms with Crippen molar-refractivity contribution in [1.29, 1.82) is 0 Å². The molecule has 0 saturated carbocycles. The minimum atomic E-state index is -0.190. The predicted octanol–water partition coefficient (Wildman–Crippen LogP) is 4.32. The SMILES string of the molecule is C=CCCC(C)(C)/C=C/COC(=O)Cc1ccccc1. The zero-order valence-electron chi connectivity index (χ0n) is 12.5. The highest BCUT2D eigenvalue weighted by molar-refractivity contribution is 5.72. The summed E-state index contributed by atoms with van der Waals surface area (Å²) < 4.78 is 5.20. The largest absolute Gasteiger partial charge is 0.461 e. The van der Waals surface area contributed by atoms with Crippen LogP contribution in [0.4, 0.5) is 0 Å². The van der Waals surface area contributed by atoms with E-state index >= 15 is 0 Å². The van der Waals surface area contributed by atoms with E-state index in [0.717, 1.165) is 18.4 Å². The van der Waals surface area contributed by atoms with Crippen molar-refractivity contribution in [2.45, 2.75) is 33.1 Å². The van der Waals surface area contributed by atoms with Crippen molar-refractivity contribution in [1.82, 2.24) is 0 Å². The van der Waals surface area contributed by atoms with Crippen molar-refractivity contribution in [3.8, 4) is 0 Å².